The maximum atomic E-state index is 12.7. The molecule has 142 valence electrons. The molecule has 1 saturated heterocycles. The zero-order valence-electron chi connectivity index (χ0n) is 14.1. The third-order valence-corrected chi connectivity index (χ3v) is 6.56. The number of carbonyl (C=O) groups is 1. The summed E-state index contributed by atoms with van der Waals surface area (Å²) >= 11 is 6.05. The smallest absolute Gasteiger partial charge is 0.269 e. The van der Waals surface area contributed by atoms with Crippen molar-refractivity contribution in [1.82, 2.24) is 9.21 Å². The molecule has 0 radical (unpaired) electrons. The second kappa shape index (κ2) is 7.63. The summed E-state index contributed by atoms with van der Waals surface area (Å²) in [4.78, 5) is 24.2. The zero-order chi connectivity index (χ0) is 19.6. The molecule has 10 heteroatoms. The van der Waals surface area contributed by atoms with E-state index in [9.17, 15) is 23.3 Å². The van der Waals surface area contributed by atoms with Gasteiger partial charge in [-0.05, 0) is 24.3 Å². The highest BCUT2D eigenvalue weighted by Crippen LogP contribution is 2.22. The lowest BCUT2D eigenvalue weighted by Gasteiger charge is -2.34. The molecule has 0 saturated carbocycles. The lowest BCUT2D eigenvalue weighted by atomic mass is 10.2. The van der Waals surface area contributed by atoms with Crippen molar-refractivity contribution in [3.8, 4) is 0 Å². The lowest BCUT2D eigenvalue weighted by Crippen LogP contribution is -2.50. The van der Waals surface area contributed by atoms with Crippen molar-refractivity contribution in [3.63, 3.8) is 0 Å². The number of nitro groups is 1. The van der Waals surface area contributed by atoms with Crippen LogP contribution in [0.3, 0.4) is 0 Å². The third kappa shape index (κ3) is 3.95. The van der Waals surface area contributed by atoms with Crippen LogP contribution in [0.4, 0.5) is 5.69 Å². The second-order valence-corrected chi connectivity index (χ2v) is 8.27. The van der Waals surface area contributed by atoms with Gasteiger partial charge in [-0.3, -0.25) is 14.9 Å². The summed E-state index contributed by atoms with van der Waals surface area (Å²) in [6, 6.07) is 11.5. The Morgan fingerprint density at radius 1 is 1.00 bits per heavy atom. The number of amides is 1. The number of benzene rings is 2. The average molecular weight is 410 g/mol. The van der Waals surface area contributed by atoms with Crippen LogP contribution in [-0.4, -0.2) is 54.6 Å². The van der Waals surface area contributed by atoms with Gasteiger partial charge in [-0.1, -0.05) is 23.7 Å². The molecule has 1 aliphatic heterocycles. The predicted octanol–water partition coefficient (Wildman–Crippen LogP) is 2.39. The number of rotatable bonds is 4. The van der Waals surface area contributed by atoms with E-state index in [0.29, 0.717) is 10.6 Å². The Morgan fingerprint density at radius 3 is 2.15 bits per heavy atom. The molecule has 0 unspecified atom stereocenters. The summed E-state index contributed by atoms with van der Waals surface area (Å²) in [6.07, 6.45) is 0. The van der Waals surface area contributed by atoms with Crippen LogP contribution in [0.15, 0.2) is 53.4 Å². The van der Waals surface area contributed by atoms with E-state index in [2.05, 4.69) is 0 Å². The molecule has 0 atom stereocenters. The number of hydrogen-bond acceptors (Lipinski definition) is 5. The third-order valence-electron chi connectivity index (χ3n) is 4.32. The molecule has 1 aliphatic rings. The first-order chi connectivity index (χ1) is 12.8. The van der Waals surface area contributed by atoms with E-state index in [4.69, 9.17) is 11.6 Å². The molecule has 0 bridgehead atoms. The van der Waals surface area contributed by atoms with Crippen molar-refractivity contribution < 1.29 is 18.1 Å². The fourth-order valence-electron chi connectivity index (χ4n) is 2.83. The fraction of sp³-hybridized carbons (Fsp3) is 0.235. The normalized spacial score (nSPS) is 15.5. The van der Waals surface area contributed by atoms with Crippen LogP contribution >= 0.6 is 11.6 Å². The summed E-state index contributed by atoms with van der Waals surface area (Å²) in [5.41, 5.74) is 0.204. The number of carbonyl (C=O) groups excluding carboxylic acids is 1. The number of halogens is 1. The Hall–Kier alpha value is -2.49. The highest BCUT2D eigenvalue weighted by Gasteiger charge is 2.31. The van der Waals surface area contributed by atoms with Gasteiger partial charge in [0, 0.05) is 38.3 Å². The van der Waals surface area contributed by atoms with E-state index >= 15 is 0 Å². The van der Waals surface area contributed by atoms with Gasteiger partial charge in [-0.25, -0.2) is 8.42 Å². The van der Waals surface area contributed by atoms with Crippen molar-refractivity contribution in [2.75, 3.05) is 26.2 Å². The first kappa shape index (κ1) is 19.3. The standard InChI is InChI=1S/C17H16ClN3O5S/c18-16-4-2-1-3-15(16)17(22)19-9-11-20(12-10-19)27(25,26)14-7-5-13(6-8-14)21(23)24/h1-8H,9-12H2. The Balaban J connectivity index is 1.70. The average Bonchev–Trinajstić information content (AvgIpc) is 2.68. The van der Waals surface area contributed by atoms with Crippen LogP contribution in [0, 0.1) is 10.1 Å². The number of nitrogens with zero attached hydrogens (tertiary/aromatic N) is 3. The lowest BCUT2D eigenvalue weighted by molar-refractivity contribution is -0.384. The molecule has 0 aliphatic carbocycles. The Labute approximate surface area is 161 Å². The van der Waals surface area contributed by atoms with Gasteiger partial charge in [-0.15, -0.1) is 0 Å². The van der Waals surface area contributed by atoms with E-state index in [1.54, 1.807) is 29.2 Å². The predicted molar refractivity (Wildman–Crippen MR) is 99.2 cm³/mol. The van der Waals surface area contributed by atoms with Crippen LogP contribution in [0.2, 0.25) is 5.02 Å². The molecule has 1 heterocycles. The Bertz CT molecular complexity index is 970. The highest BCUT2D eigenvalue weighted by molar-refractivity contribution is 7.89. The second-order valence-electron chi connectivity index (χ2n) is 5.93. The van der Waals surface area contributed by atoms with Crippen LogP contribution in [0.25, 0.3) is 0 Å². The SMILES string of the molecule is O=C(c1ccccc1Cl)N1CCN(S(=O)(=O)c2ccc([N+](=O)[O-])cc2)CC1. The first-order valence-corrected chi connectivity index (χ1v) is 9.91. The molecule has 1 amide bonds. The van der Waals surface area contributed by atoms with Gasteiger partial charge in [0.2, 0.25) is 10.0 Å². The van der Waals surface area contributed by atoms with Gasteiger partial charge in [-0.2, -0.15) is 4.31 Å². The Kier molecular flexibility index (Phi) is 5.45. The van der Waals surface area contributed by atoms with Crippen molar-refractivity contribution in [3.05, 3.63) is 69.2 Å². The summed E-state index contributed by atoms with van der Waals surface area (Å²) in [5.74, 6) is -0.243. The van der Waals surface area contributed by atoms with Crippen molar-refractivity contribution >= 4 is 33.2 Å². The molecule has 0 spiro atoms. The van der Waals surface area contributed by atoms with Gasteiger partial charge in [0.1, 0.15) is 0 Å². The topological polar surface area (TPSA) is 101 Å². The Morgan fingerprint density at radius 2 is 1.59 bits per heavy atom. The van der Waals surface area contributed by atoms with Gasteiger partial charge in [0.05, 0.1) is 20.4 Å². The highest BCUT2D eigenvalue weighted by atomic mass is 35.5. The largest absolute Gasteiger partial charge is 0.336 e. The van der Waals surface area contributed by atoms with E-state index in [0.717, 1.165) is 12.1 Å². The maximum absolute atomic E-state index is 12.7. The van der Waals surface area contributed by atoms with Crippen LogP contribution < -0.4 is 0 Å². The van der Waals surface area contributed by atoms with Gasteiger partial charge in [0.15, 0.2) is 0 Å². The van der Waals surface area contributed by atoms with Crippen molar-refractivity contribution in [2.45, 2.75) is 4.90 Å². The molecule has 2 aromatic carbocycles. The molecule has 3 rings (SSSR count). The van der Waals surface area contributed by atoms with Crippen LogP contribution in [-0.2, 0) is 10.0 Å². The zero-order valence-corrected chi connectivity index (χ0v) is 15.7. The molecular formula is C17H16ClN3O5S. The van der Waals surface area contributed by atoms with Gasteiger partial charge < -0.3 is 4.90 Å². The maximum Gasteiger partial charge on any atom is 0.269 e. The van der Waals surface area contributed by atoms with Crippen LogP contribution in [0.1, 0.15) is 10.4 Å². The van der Waals surface area contributed by atoms with Gasteiger partial charge >= 0.3 is 0 Å². The molecular weight excluding hydrogens is 394 g/mol. The summed E-state index contributed by atoms with van der Waals surface area (Å²) in [7, 11) is -3.78. The van der Waals surface area contributed by atoms with Crippen molar-refractivity contribution in [1.29, 1.82) is 0 Å². The first-order valence-electron chi connectivity index (χ1n) is 8.09. The number of sulfonamides is 1. The minimum Gasteiger partial charge on any atom is -0.336 e. The van der Waals surface area contributed by atoms with E-state index in [1.165, 1.54) is 16.4 Å². The molecule has 0 aromatic heterocycles. The number of hydrogen-bond donors (Lipinski definition) is 0. The van der Waals surface area contributed by atoms with E-state index < -0.39 is 14.9 Å². The fourth-order valence-corrected chi connectivity index (χ4v) is 4.46. The summed E-state index contributed by atoms with van der Waals surface area (Å²) in [5, 5.41) is 11.1. The number of piperazine rings is 1. The van der Waals surface area contributed by atoms with Gasteiger partial charge in [0.25, 0.3) is 11.6 Å². The molecule has 0 N–H and O–H groups in total. The molecule has 27 heavy (non-hydrogen) atoms. The minimum atomic E-state index is -3.78. The monoisotopic (exact) mass is 409 g/mol. The van der Waals surface area contributed by atoms with E-state index in [1.807, 2.05) is 0 Å². The quantitative estimate of drug-likeness (QED) is 0.570. The van der Waals surface area contributed by atoms with E-state index in [-0.39, 0.29) is 42.7 Å². The molecule has 1 fully saturated rings. The molecule has 8 nitrogen and oxygen atoms in total. The summed E-state index contributed by atoms with van der Waals surface area (Å²) < 4.78 is 26.7. The number of non-ortho nitro benzene ring substituents is 1. The number of nitro benzene ring substituents is 1. The minimum absolute atomic E-state index is 0.0148. The van der Waals surface area contributed by atoms with Crippen molar-refractivity contribution in [2.24, 2.45) is 0 Å². The molecule has 2 aromatic rings. The van der Waals surface area contributed by atoms with Crippen LogP contribution in [0.5, 0.6) is 0 Å². The summed E-state index contributed by atoms with van der Waals surface area (Å²) in [6.45, 7) is 0.734.